The summed E-state index contributed by atoms with van der Waals surface area (Å²) in [4.78, 5) is 16.0. The summed E-state index contributed by atoms with van der Waals surface area (Å²) in [6.07, 6.45) is 1.72. The van der Waals surface area contributed by atoms with Crippen molar-refractivity contribution in [3.8, 4) is 0 Å². The van der Waals surface area contributed by atoms with Gasteiger partial charge in [0.1, 0.15) is 0 Å². The smallest absolute Gasteiger partial charge is 0.319 e. The Kier molecular flexibility index (Phi) is 4.68. The Morgan fingerprint density at radius 3 is 2.65 bits per heavy atom. The lowest BCUT2D eigenvalue weighted by Gasteiger charge is -2.09. The average Bonchev–Trinajstić information content (AvgIpc) is 2.47. The highest BCUT2D eigenvalue weighted by molar-refractivity contribution is 5.89. The van der Waals surface area contributed by atoms with E-state index >= 15 is 0 Å². The SMILES string of the molecule is Cc1cccnc1CNC(=O)Nc1ccc(CN)cc1. The van der Waals surface area contributed by atoms with Gasteiger partial charge in [-0.1, -0.05) is 18.2 Å². The van der Waals surface area contributed by atoms with E-state index in [2.05, 4.69) is 15.6 Å². The van der Waals surface area contributed by atoms with Gasteiger partial charge in [0.25, 0.3) is 0 Å². The van der Waals surface area contributed by atoms with Crippen molar-refractivity contribution >= 4 is 11.7 Å². The zero-order chi connectivity index (χ0) is 14.4. The fourth-order valence-corrected chi connectivity index (χ4v) is 1.77. The molecule has 0 aliphatic heterocycles. The number of amides is 2. The van der Waals surface area contributed by atoms with E-state index in [9.17, 15) is 4.79 Å². The van der Waals surface area contributed by atoms with Gasteiger partial charge >= 0.3 is 6.03 Å². The van der Waals surface area contributed by atoms with Crippen molar-refractivity contribution in [2.45, 2.75) is 20.0 Å². The number of carbonyl (C=O) groups excluding carboxylic acids is 1. The molecule has 2 amide bonds. The van der Waals surface area contributed by atoms with Crippen LogP contribution in [0.15, 0.2) is 42.6 Å². The molecule has 20 heavy (non-hydrogen) atoms. The number of aryl methyl sites for hydroxylation is 1. The average molecular weight is 270 g/mol. The van der Waals surface area contributed by atoms with Crippen LogP contribution in [0.2, 0.25) is 0 Å². The first-order chi connectivity index (χ1) is 9.69. The topological polar surface area (TPSA) is 80.0 Å². The molecule has 0 radical (unpaired) electrons. The summed E-state index contributed by atoms with van der Waals surface area (Å²) in [5.41, 5.74) is 9.20. The molecule has 104 valence electrons. The Hall–Kier alpha value is -2.40. The van der Waals surface area contributed by atoms with E-state index in [1.807, 2.05) is 43.3 Å². The second kappa shape index (κ2) is 6.68. The monoisotopic (exact) mass is 270 g/mol. The number of rotatable bonds is 4. The minimum atomic E-state index is -0.254. The number of anilines is 1. The van der Waals surface area contributed by atoms with Gasteiger partial charge in [-0.2, -0.15) is 0 Å². The van der Waals surface area contributed by atoms with Gasteiger partial charge in [-0.15, -0.1) is 0 Å². The Morgan fingerprint density at radius 2 is 2.00 bits per heavy atom. The summed E-state index contributed by atoms with van der Waals surface area (Å²) in [6, 6.07) is 11.0. The summed E-state index contributed by atoms with van der Waals surface area (Å²) in [5, 5.41) is 5.54. The maximum atomic E-state index is 11.8. The van der Waals surface area contributed by atoms with Crippen molar-refractivity contribution in [3.05, 3.63) is 59.4 Å². The van der Waals surface area contributed by atoms with Crippen LogP contribution in [0.4, 0.5) is 10.5 Å². The third-order valence-corrected chi connectivity index (χ3v) is 2.98. The van der Waals surface area contributed by atoms with Crippen LogP contribution < -0.4 is 16.4 Å². The summed E-state index contributed by atoms with van der Waals surface area (Å²) < 4.78 is 0. The van der Waals surface area contributed by atoms with Gasteiger partial charge in [0.15, 0.2) is 0 Å². The molecule has 0 saturated heterocycles. The molecule has 1 aromatic carbocycles. The van der Waals surface area contributed by atoms with Crippen molar-refractivity contribution in [1.82, 2.24) is 10.3 Å². The van der Waals surface area contributed by atoms with Crippen LogP contribution >= 0.6 is 0 Å². The summed E-state index contributed by atoms with van der Waals surface area (Å²) in [7, 11) is 0. The van der Waals surface area contributed by atoms with Crippen LogP contribution in [0.3, 0.4) is 0 Å². The van der Waals surface area contributed by atoms with Crippen LogP contribution in [0.25, 0.3) is 0 Å². The zero-order valence-corrected chi connectivity index (χ0v) is 11.4. The first-order valence-corrected chi connectivity index (χ1v) is 6.43. The van der Waals surface area contributed by atoms with Gasteiger partial charge in [0.05, 0.1) is 12.2 Å². The lowest BCUT2D eigenvalue weighted by atomic mass is 10.2. The summed E-state index contributed by atoms with van der Waals surface area (Å²) in [6.45, 7) is 2.86. The van der Waals surface area contributed by atoms with E-state index in [1.165, 1.54) is 0 Å². The van der Waals surface area contributed by atoms with E-state index in [1.54, 1.807) is 6.20 Å². The number of nitrogens with two attached hydrogens (primary N) is 1. The van der Waals surface area contributed by atoms with Crippen LogP contribution in [0.1, 0.15) is 16.8 Å². The molecule has 0 aliphatic rings. The Bertz CT molecular complexity index is 581. The predicted octanol–water partition coefficient (Wildman–Crippen LogP) is 2.17. The lowest BCUT2D eigenvalue weighted by Crippen LogP contribution is -2.28. The molecule has 1 aromatic heterocycles. The van der Waals surface area contributed by atoms with Crippen LogP contribution in [-0.2, 0) is 13.1 Å². The highest BCUT2D eigenvalue weighted by Crippen LogP contribution is 2.09. The number of nitrogens with one attached hydrogen (secondary N) is 2. The molecule has 0 fully saturated rings. The zero-order valence-electron chi connectivity index (χ0n) is 11.4. The van der Waals surface area contributed by atoms with Gasteiger partial charge in [-0.05, 0) is 36.2 Å². The number of aromatic nitrogens is 1. The molecule has 0 aliphatic carbocycles. The van der Waals surface area contributed by atoms with Gasteiger partial charge < -0.3 is 16.4 Å². The highest BCUT2D eigenvalue weighted by atomic mass is 16.2. The second-order valence-electron chi connectivity index (χ2n) is 4.48. The van der Waals surface area contributed by atoms with Crippen molar-refractivity contribution in [2.75, 3.05) is 5.32 Å². The number of nitrogens with zero attached hydrogens (tertiary/aromatic N) is 1. The number of benzene rings is 1. The number of pyridine rings is 1. The number of hydrogen-bond donors (Lipinski definition) is 3. The number of hydrogen-bond acceptors (Lipinski definition) is 3. The van der Waals surface area contributed by atoms with Gasteiger partial charge in [0.2, 0.25) is 0 Å². The second-order valence-corrected chi connectivity index (χ2v) is 4.48. The Balaban J connectivity index is 1.87. The molecule has 0 saturated carbocycles. The van der Waals surface area contributed by atoms with Crippen molar-refractivity contribution in [1.29, 1.82) is 0 Å². The molecule has 4 N–H and O–H groups in total. The first-order valence-electron chi connectivity index (χ1n) is 6.43. The maximum absolute atomic E-state index is 11.8. The molecular formula is C15H18N4O. The molecule has 2 aromatic rings. The highest BCUT2D eigenvalue weighted by Gasteiger charge is 2.03. The Morgan fingerprint density at radius 1 is 1.25 bits per heavy atom. The fourth-order valence-electron chi connectivity index (χ4n) is 1.77. The minimum absolute atomic E-state index is 0.254. The normalized spacial score (nSPS) is 10.1. The summed E-state index contributed by atoms with van der Waals surface area (Å²) >= 11 is 0. The van der Waals surface area contributed by atoms with E-state index < -0.39 is 0 Å². The van der Waals surface area contributed by atoms with Crippen molar-refractivity contribution < 1.29 is 4.79 Å². The van der Waals surface area contributed by atoms with E-state index in [4.69, 9.17) is 5.73 Å². The van der Waals surface area contributed by atoms with E-state index in [0.29, 0.717) is 13.1 Å². The molecule has 0 atom stereocenters. The van der Waals surface area contributed by atoms with Gasteiger partial charge in [-0.25, -0.2) is 4.79 Å². The molecule has 0 bridgehead atoms. The number of carbonyl (C=O) groups is 1. The van der Waals surface area contributed by atoms with Crippen molar-refractivity contribution in [3.63, 3.8) is 0 Å². The standard InChI is InChI=1S/C15H18N4O/c1-11-3-2-8-17-14(11)10-18-15(20)19-13-6-4-12(9-16)5-7-13/h2-8H,9-10,16H2,1H3,(H2,18,19,20). The Labute approximate surface area is 118 Å². The lowest BCUT2D eigenvalue weighted by molar-refractivity contribution is 0.251. The molecule has 0 spiro atoms. The van der Waals surface area contributed by atoms with Crippen LogP contribution in [-0.4, -0.2) is 11.0 Å². The van der Waals surface area contributed by atoms with Gasteiger partial charge in [-0.3, -0.25) is 4.98 Å². The third-order valence-electron chi connectivity index (χ3n) is 2.98. The quantitative estimate of drug-likeness (QED) is 0.796. The molecule has 5 heteroatoms. The van der Waals surface area contributed by atoms with E-state index in [-0.39, 0.29) is 6.03 Å². The number of urea groups is 1. The largest absolute Gasteiger partial charge is 0.332 e. The predicted molar refractivity (Wildman–Crippen MR) is 79.2 cm³/mol. The van der Waals surface area contributed by atoms with Gasteiger partial charge in [0, 0.05) is 18.4 Å². The maximum Gasteiger partial charge on any atom is 0.319 e. The van der Waals surface area contributed by atoms with Crippen LogP contribution in [0.5, 0.6) is 0 Å². The molecular weight excluding hydrogens is 252 g/mol. The minimum Gasteiger partial charge on any atom is -0.332 e. The first kappa shape index (κ1) is 14.0. The van der Waals surface area contributed by atoms with E-state index in [0.717, 1.165) is 22.5 Å². The molecule has 0 unspecified atom stereocenters. The third kappa shape index (κ3) is 3.80. The molecule has 2 rings (SSSR count). The van der Waals surface area contributed by atoms with Crippen LogP contribution in [0, 0.1) is 6.92 Å². The molecule has 5 nitrogen and oxygen atoms in total. The summed E-state index contributed by atoms with van der Waals surface area (Å²) in [5.74, 6) is 0. The van der Waals surface area contributed by atoms with Crippen molar-refractivity contribution in [2.24, 2.45) is 5.73 Å². The fraction of sp³-hybridized carbons (Fsp3) is 0.200. The molecule has 1 heterocycles.